The maximum Gasteiger partial charge on any atom is 0.135 e. The number of thiocarbonyl (C=S) groups is 1. The maximum absolute atomic E-state index is 13.6. The van der Waals surface area contributed by atoms with Gasteiger partial charge in [-0.25, -0.2) is 4.39 Å². The number of anilines is 1. The zero-order chi connectivity index (χ0) is 13.7. The van der Waals surface area contributed by atoms with Crippen LogP contribution in [0.25, 0.3) is 0 Å². The number of nitrogens with zero attached hydrogens (tertiary/aromatic N) is 2. The summed E-state index contributed by atoms with van der Waals surface area (Å²) in [6.45, 7) is 1.50. The van der Waals surface area contributed by atoms with E-state index in [0.29, 0.717) is 12.2 Å². The standard InChI is InChI=1S/C13H15FN4S/c14-10-4-1-5-11(12(10)13(15)19)16-6-2-8-18-9-3-7-17-18/h1,3-5,7,9,16H,2,6,8H2,(H2,15,19). The number of hydrogen-bond acceptors (Lipinski definition) is 3. The van der Waals surface area contributed by atoms with Crippen LogP contribution in [0.4, 0.5) is 10.1 Å². The van der Waals surface area contributed by atoms with Gasteiger partial charge in [-0.2, -0.15) is 5.10 Å². The summed E-state index contributed by atoms with van der Waals surface area (Å²) in [4.78, 5) is 0.0627. The largest absolute Gasteiger partial charge is 0.389 e. The number of nitrogens with two attached hydrogens (primary N) is 1. The Morgan fingerprint density at radius 3 is 2.95 bits per heavy atom. The van der Waals surface area contributed by atoms with Crippen molar-refractivity contribution in [3.63, 3.8) is 0 Å². The van der Waals surface area contributed by atoms with Crippen molar-refractivity contribution in [3.8, 4) is 0 Å². The van der Waals surface area contributed by atoms with Gasteiger partial charge in [-0.3, -0.25) is 4.68 Å². The summed E-state index contributed by atoms with van der Waals surface area (Å²) in [7, 11) is 0. The topological polar surface area (TPSA) is 55.9 Å². The number of rotatable bonds is 6. The summed E-state index contributed by atoms with van der Waals surface area (Å²) in [6.07, 6.45) is 4.52. The van der Waals surface area contributed by atoms with Gasteiger partial charge in [0.05, 0.1) is 5.56 Å². The quantitative estimate of drug-likeness (QED) is 0.628. The van der Waals surface area contributed by atoms with Crippen molar-refractivity contribution in [2.75, 3.05) is 11.9 Å². The molecule has 1 aromatic carbocycles. The lowest BCUT2D eigenvalue weighted by molar-refractivity contribution is 0.591. The molecule has 0 bridgehead atoms. The van der Waals surface area contributed by atoms with Crippen molar-refractivity contribution < 1.29 is 4.39 Å². The minimum Gasteiger partial charge on any atom is -0.389 e. The Hall–Kier alpha value is -1.95. The molecule has 4 nitrogen and oxygen atoms in total. The summed E-state index contributed by atoms with van der Waals surface area (Å²) >= 11 is 4.86. The van der Waals surface area contributed by atoms with Gasteiger partial charge in [0.2, 0.25) is 0 Å². The normalized spacial score (nSPS) is 10.4. The number of benzene rings is 1. The molecule has 0 unspecified atom stereocenters. The van der Waals surface area contributed by atoms with E-state index in [1.165, 1.54) is 6.07 Å². The molecule has 0 aliphatic rings. The lowest BCUT2D eigenvalue weighted by Crippen LogP contribution is -2.16. The van der Waals surface area contributed by atoms with Crippen LogP contribution in [0.1, 0.15) is 12.0 Å². The van der Waals surface area contributed by atoms with Gasteiger partial charge in [0.1, 0.15) is 10.8 Å². The highest BCUT2D eigenvalue weighted by Gasteiger charge is 2.10. The molecule has 3 N–H and O–H groups in total. The minimum atomic E-state index is -0.399. The summed E-state index contributed by atoms with van der Waals surface area (Å²) in [5.41, 5.74) is 6.44. The first-order valence-electron chi connectivity index (χ1n) is 5.98. The Morgan fingerprint density at radius 2 is 2.26 bits per heavy atom. The number of nitrogens with one attached hydrogen (secondary N) is 1. The average molecular weight is 278 g/mol. The molecule has 0 aliphatic heterocycles. The van der Waals surface area contributed by atoms with Crippen LogP contribution in [-0.4, -0.2) is 21.3 Å². The van der Waals surface area contributed by atoms with Crippen LogP contribution >= 0.6 is 12.2 Å². The van der Waals surface area contributed by atoms with Crippen LogP contribution in [0.5, 0.6) is 0 Å². The van der Waals surface area contributed by atoms with Crippen LogP contribution in [0.2, 0.25) is 0 Å². The molecule has 6 heteroatoms. The Morgan fingerprint density at radius 1 is 1.42 bits per heavy atom. The summed E-state index contributed by atoms with van der Waals surface area (Å²) in [6, 6.07) is 6.63. The predicted octanol–water partition coefficient (Wildman–Crippen LogP) is 2.16. The molecule has 1 heterocycles. The van der Waals surface area contributed by atoms with Gasteiger partial charge in [0.25, 0.3) is 0 Å². The third kappa shape index (κ3) is 3.51. The van der Waals surface area contributed by atoms with E-state index in [1.54, 1.807) is 18.3 Å². The van der Waals surface area contributed by atoms with Crippen molar-refractivity contribution in [2.45, 2.75) is 13.0 Å². The van der Waals surface area contributed by atoms with Crippen molar-refractivity contribution in [1.82, 2.24) is 9.78 Å². The lowest BCUT2D eigenvalue weighted by Gasteiger charge is -2.11. The van der Waals surface area contributed by atoms with Gasteiger partial charge in [0, 0.05) is 31.2 Å². The molecule has 0 atom stereocenters. The molecular formula is C13H15FN4S. The van der Waals surface area contributed by atoms with Gasteiger partial charge in [-0.15, -0.1) is 0 Å². The van der Waals surface area contributed by atoms with E-state index >= 15 is 0 Å². The fourth-order valence-corrected chi connectivity index (χ4v) is 2.03. The Bertz CT molecular complexity index is 554. The zero-order valence-electron chi connectivity index (χ0n) is 10.3. The van der Waals surface area contributed by atoms with E-state index in [-0.39, 0.29) is 10.6 Å². The lowest BCUT2D eigenvalue weighted by atomic mass is 10.1. The van der Waals surface area contributed by atoms with E-state index in [2.05, 4.69) is 10.4 Å². The zero-order valence-corrected chi connectivity index (χ0v) is 11.2. The molecule has 0 aliphatic carbocycles. The van der Waals surface area contributed by atoms with Crippen LogP contribution in [0, 0.1) is 5.82 Å². The highest BCUT2D eigenvalue weighted by molar-refractivity contribution is 7.80. The number of halogens is 1. The van der Waals surface area contributed by atoms with Crippen molar-refractivity contribution in [3.05, 3.63) is 48.0 Å². The average Bonchev–Trinajstić information content (AvgIpc) is 2.87. The van der Waals surface area contributed by atoms with Gasteiger partial charge >= 0.3 is 0 Å². The second-order valence-corrected chi connectivity index (χ2v) is 4.52. The van der Waals surface area contributed by atoms with Gasteiger partial charge in [-0.05, 0) is 24.6 Å². The molecule has 1 aromatic heterocycles. The Balaban J connectivity index is 1.92. The van der Waals surface area contributed by atoms with Crippen molar-refractivity contribution >= 4 is 22.9 Å². The summed E-state index contributed by atoms with van der Waals surface area (Å²) < 4.78 is 15.5. The molecule has 2 rings (SSSR count). The van der Waals surface area contributed by atoms with Crippen LogP contribution in [0.15, 0.2) is 36.7 Å². The van der Waals surface area contributed by atoms with E-state index in [9.17, 15) is 4.39 Å². The third-order valence-corrected chi connectivity index (χ3v) is 2.90. The SMILES string of the molecule is NC(=S)c1c(F)cccc1NCCCn1cccn1. The predicted molar refractivity (Wildman–Crippen MR) is 77.6 cm³/mol. The van der Waals surface area contributed by atoms with E-state index in [4.69, 9.17) is 18.0 Å². The monoisotopic (exact) mass is 278 g/mol. The van der Waals surface area contributed by atoms with E-state index < -0.39 is 5.82 Å². The summed E-state index contributed by atoms with van der Waals surface area (Å²) in [5, 5.41) is 7.26. The molecule has 19 heavy (non-hydrogen) atoms. The van der Waals surface area contributed by atoms with Gasteiger partial charge in [0.15, 0.2) is 0 Å². The highest BCUT2D eigenvalue weighted by atomic mass is 32.1. The molecule has 0 radical (unpaired) electrons. The minimum absolute atomic E-state index is 0.0627. The van der Waals surface area contributed by atoms with Crippen molar-refractivity contribution in [2.24, 2.45) is 5.73 Å². The third-order valence-electron chi connectivity index (χ3n) is 2.70. The van der Waals surface area contributed by atoms with Crippen LogP contribution in [0.3, 0.4) is 0 Å². The van der Waals surface area contributed by atoms with Gasteiger partial charge in [-0.1, -0.05) is 18.3 Å². The molecule has 0 fully saturated rings. The van der Waals surface area contributed by atoms with Crippen molar-refractivity contribution in [1.29, 1.82) is 0 Å². The van der Waals surface area contributed by atoms with Crippen LogP contribution < -0.4 is 11.1 Å². The fraction of sp³-hybridized carbons (Fsp3) is 0.231. The second kappa shape index (κ2) is 6.29. The first-order chi connectivity index (χ1) is 9.18. The first-order valence-corrected chi connectivity index (χ1v) is 6.39. The van der Waals surface area contributed by atoms with Gasteiger partial charge < -0.3 is 11.1 Å². The van der Waals surface area contributed by atoms with E-state index in [1.807, 2.05) is 16.9 Å². The second-order valence-electron chi connectivity index (χ2n) is 4.08. The molecule has 0 spiro atoms. The molecule has 0 saturated carbocycles. The maximum atomic E-state index is 13.6. The first kappa shape index (κ1) is 13.5. The number of hydrogen-bond donors (Lipinski definition) is 2. The molecule has 0 amide bonds. The molecular weight excluding hydrogens is 263 g/mol. The van der Waals surface area contributed by atoms with E-state index in [0.717, 1.165) is 13.0 Å². The highest BCUT2D eigenvalue weighted by Crippen LogP contribution is 2.18. The number of aryl methyl sites for hydroxylation is 1. The number of aromatic nitrogens is 2. The Kier molecular flexibility index (Phi) is 4.46. The summed E-state index contributed by atoms with van der Waals surface area (Å²) in [5.74, 6) is -0.399. The van der Waals surface area contributed by atoms with Crippen LogP contribution in [-0.2, 0) is 6.54 Å². The molecule has 0 saturated heterocycles. The molecule has 100 valence electrons. The molecule has 2 aromatic rings. The Labute approximate surface area is 116 Å². The fourth-order valence-electron chi connectivity index (χ4n) is 1.82. The smallest absolute Gasteiger partial charge is 0.135 e.